The zero-order chi connectivity index (χ0) is 29.0. The number of hydrogen-bond donors (Lipinski definition) is 1. The smallest absolute Gasteiger partial charge is 0.347 e. The van der Waals surface area contributed by atoms with Crippen molar-refractivity contribution in [3.8, 4) is 5.75 Å². The van der Waals surface area contributed by atoms with Crippen LogP contribution in [0.25, 0.3) is 0 Å². The van der Waals surface area contributed by atoms with Crippen molar-refractivity contribution < 1.29 is 33.7 Å². The summed E-state index contributed by atoms with van der Waals surface area (Å²) in [5.41, 5.74) is 0.0463. The first-order valence-electron chi connectivity index (χ1n) is 13.3. The molecule has 1 aromatic rings. The Labute approximate surface area is 224 Å². The summed E-state index contributed by atoms with van der Waals surface area (Å²) in [5.74, 6) is 0.0688. The van der Waals surface area contributed by atoms with E-state index in [1.54, 1.807) is 26.0 Å². The maximum Gasteiger partial charge on any atom is 0.347 e. The summed E-state index contributed by atoms with van der Waals surface area (Å²) in [6.45, 7) is 21.7. The molecule has 0 aliphatic carbocycles. The zero-order valence-corrected chi connectivity index (χ0v) is 24.9. The Balaban J connectivity index is 0.000000530. The Kier molecular flexibility index (Phi) is 13.9. The number of hydrogen-bond acceptors (Lipinski definition) is 7. The first-order chi connectivity index (χ1) is 16.9. The van der Waals surface area contributed by atoms with Gasteiger partial charge in [0.05, 0.1) is 17.4 Å². The molecule has 2 rings (SSSR count). The number of rotatable bonds is 7. The predicted molar refractivity (Wildman–Crippen MR) is 146 cm³/mol. The van der Waals surface area contributed by atoms with E-state index in [9.17, 15) is 14.4 Å². The molecule has 0 spiro atoms. The highest BCUT2D eigenvalue weighted by atomic mass is 16.6. The van der Waals surface area contributed by atoms with E-state index in [4.69, 9.17) is 19.3 Å². The molecule has 1 fully saturated rings. The van der Waals surface area contributed by atoms with Gasteiger partial charge in [0.25, 0.3) is 0 Å². The second-order valence-corrected chi connectivity index (χ2v) is 11.7. The average Bonchev–Trinajstić information content (AvgIpc) is 3.22. The molecular formula is C30H50O7. The average molecular weight is 523 g/mol. The van der Waals surface area contributed by atoms with Crippen LogP contribution >= 0.6 is 0 Å². The van der Waals surface area contributed by atoms with E-state index >= 15 is 0 Å². The van der Waals surface area contributed by atoms with Crippen LogP contribution in [0, 0.1) is 10.8 Å². The highest BCUT2D eigenvalue weighted by molar-refractivity contribution is 5.82. The number of phenolic OH excluding ortho intramolecular Hbond substituents is 1. The molecule has 1 aliphatic heterocycles. The van der Waals surface area contributed by atoms with Gasteiger partial charge in [0.15, 0.2) is 0 Å². The Morgan fingerprint density at radius 3 is 1.81 bits per heavy atom. The van der Waals surface area contributed by atoms with E-state index in [2.05, 4.69) is 13.8 Å². The molecule has 7 heteroatoms. The van der Waals surface area contributed by atoms with Crippen LogP contribution in [0.2, 0.25) is 0 Å². The van der Waals surface area contributed by atoms with Crippen molar-refractivity contribution in [3.05, 3.63) is 29.8 Å². The van der Waals surface area contributed by atoms with Crippen molar-refractivity contribution in [3.63, 3.8) is 0 Å². The van der Waals surface area contributed by atoms with Gasteiger partial charge in [-0.3, -0.25) is 9.59 Å². The number of cyclic esters (lactones) is 1. The van der Waals surface area contributed by atoms with Crippen LogP contribution in [0.1, 0.15) is 113 Å². The zero-order valence-electron chi connectivity index (χ0n) is 24.9. The van der Waals surface area contributed by atoms with Gasteiger partial charge < -0.3 is 19.3 Å². The summed E-state index contributed by atoms with van der Waals surface area (Å²) in [4.78, 5) is 34.1. The van der Waals surface area contributed by atoms with Crippen LogP contribution < -0.4 is 0 Å². The molecule has 0 aromatic heterocycles. The van der Waals surface area contributed by atoms with Crippen molar-refractivity contribution in [2.45, 2.75) is 119 Å². The van der Waals surface area contributed by atoms with Crippen LogP contribution in [0.5, 0.6) is 5.75 Å². The van der Waals surface area contributed by atoms with Crippen LogP contribution in [0.3, 0.4) is 0 Å². The van der Waals surface area contributed by atoms with Gasteiger partial charge in [-0.05, 0) is 91.3 Å². The Morgan fingerprint density at radius 2 is 1.43 bits per heavy atom. The molecule has 0 bridgehead atoms. The van der Waals surface area contributed by atoms with E-state index in [1.165, 1.54) is 5.56 Å². The van der Waals surface area contributed by atoms with Gasteiger partial charge >= 0.3 is 17.9 Å². The minimum atomic E-state index is -0.687. The van der Waals surface area contributed by atoms with Gasteiger partial charge in [0.2, 0.25) is 6.10 Å². The van der Waals surface area contributed by atoms with Crippen molar-refractivity contribution >= 4 is 17.9 Å². The molecule has 1 N–H and O–H groups in total. The molecular weight excluding hydrogens is 472 g/mol. The summed E-state index contributed by atoms with van der Waals surface area (Å²) >= 11 is 0. The normalized spacial score (nSPS) is 16.3. The Hall–Kier alpha value is -2.57. The van der Waals surface area contributed by atoms with Gasteiger partial charge in [-0.2, -0.15) is 0 Å². The van der Waals surface area contributed by atoms with E-state index in [1.807, 2.05) is 60.6 Å². The lowest BCUT2D eigenvalue weighted by Gasteiger charge is -2.27. The second kappa shape index (κ2) is 15.0. The van der Waals surface area contributed by atoms with Crippen molar-refractivity contribution in [2.75, 3.05) is 6.61 Å². The fraction of sp³-hybridized carbons (Fsp3) is 0.700. The Morgan fingerprint density at radius 1 is 0.946 bits per heavy atom. The van der Waals surface area contributed by atoms with Gasteiger partial charge in [-0.15, -0.1) is 0 Å². The van der Waals surface area contributed by atoms with E-state index in [0.29, 0.717) is 31.1 Å². The molecule has 0 saturated carbocycles. The van der Waals surface area contributed by atoms with Gasteiger partial charge in [0.1, 0.15) is 11.4 Å². The third kappa shape index (κ3) is 13.0. The molecule has 212 valence electrons. The SMILES string of the molecule is CCC(C)(C)C(=O)OC(C)(C)C.CCC(C)(C)C(=O)OC1CCOC1=O.CCC(C)c1ccc(O)cc1. The molecule has 7 nitrogen and oxygen atoms in total. The summed E-state index contributed by atoms with van der Waals surface area (Å²) in [6.07, 6.45) is 2.43. The van der Waals surface area contributed by atoms with Gasteiger partial charge in [-0.1, -0.05) is 39.8 Å². The van der Waals surface area contributed by atoms with Gasteiger partial charge in [-0.25, -0.2) is 4.79 Å². The number of aromatic hydroxyl groups is 1. The van der Waals surface area contributed by atoms with Crippen molar-refractivity contribution in [1.82, 2.24) is 0 Å². The fourth-order valence-electron chi connectivity index (χ4n) is 2.62. The lowest BCUT2D eigenvalue weighted by atomic mass is 9.90. The minimum absolute atomic E-state index is 0.113. The van der Waals surface area contributed by atoms with E-state index < -0.39 is 17.5 Å². The van der Waals surface area contributed by atoms with E-state index in [0.717, 1.165) is 12.8 Å². The standard InChI is InChI=1S/C10H16O4.C10H20O2.C10H14O/c1-4-10(2,3)9(12)14-7-5-6-13-8(7)11;1-7-10(5,6)8(11)12-9(2,3)4;1-3-8(2)9-4-6-10(11)7-5-9/h7H,4-6H2,1-3H3;7H2,1-6H3;4-8,11H,3H2,1-2H3. The lowest BCUT2D eigenvalue weighted by Crippen LogP contribution is -2.33. The molecule has 1 aromatic carbocycles. The molecule has 37 heavy (non-hydrogen) atoms. The largest absolute Gasteiger partial charge is 0.508 e. The molecule has 1 heterocycles. The topological polar surface area (TPSA) is 99.1 Å². The lowest BCUT2D eigenvalue weighted by molar-refractivity contribution is -0.167. The highest BCUT2D eigenvalue weighted by Gasteiger charge is 2.35. The third-order valence-corrected chi connectivity index (χ3v) is 6.48. The highest BCUT2D eigenvalue weighted by Crippen LogP contribution is 2.25. The maximum absolute atomic E-state index is 11.6. The van der Waals surface area contributed by atoms with E-state index in [-0.39, 0.29) is 23.0 Å². The maximum atomic E-state index is 11.6. The van der Waals surface area contributed by atoms with Crippen LogP contribution in [0.4, 0.5) is 0 Å². The molecule has 2 unspecified atom stereocenters. The minimum Gasteiger partial charge on any atom is -0.508 e. The first kappa shape index (κ1) is 34.4. The first-order valence-corrected chi connectivity index (χ1v) is 13.3. The summed E-state index contributed by atoms with van der Waals surface area (Å²) in [5, 5.41) is 9.01. The van der Waals surface area contributed by atoms with Crippen LogP contribution in [0.15, 0.2) is 24.3 Å². The Bertz CT molecular complexity index is 848. The van der Waals surface area contributed by atoms with Crippen LogP contribution in [-0.4, -0.2) is 41.3 Å². The second-order valence-electron chi connectivity index (χ2n) is 11.7. The fourth-order valence-corrected chi connectivity index (χ4v) is 2.62. The summed E-state index contributed by atoms with van der Waals surface area (Å²) < 4.78 is 15.0. The van der Waals surface area contributed by atoms with Gasteiger partial charge in [0, 0.05) is 6.42 Å². The molecule has 0 amide bonds. The summed E-state index contributed by atoms with van der Waals surface area (Å²) in [7, 11) is 0. The summed E-state index contributed by atoms with van der Waals surface area (Å²) in [6, 6.07) is 7.43. The molecule has 0 radical (unpaired) electrons. The number of carbonyl (C=O) groups excluding carboxylic acids is 3. The molecule has 2 atom stereocenters. The molecule has 1 saturated heterocycles. The number of esters is 3. The third-order valence-electron chi connectivity index (χ3n) is 6.48. The van der Waals surface area contributed by atoms with Crippen molar-refractivity contribution in [1.29, 1.82) is 0 Å². The number of phenols is 1. The number of benzene rings is 1. The number of carbonyl (C=O) groups is 3. The predicted octanol–water partition coefficient (Wildman–Crippen LogP) is 6.95. The van der Waals surface area contributed by atoms with Crippen LogP contribution in [-0.2, 0) is 28.6 Å². The monoisotopic (exact) mass is 522 g/mol. The quantitative estimate of drug-likeness (QED) is 0.305. The number of ether oxygens (including phenoxy) is 3. The van der Waals surface area contributed by atoms with Crippen molar-refractivity contribution in [2.24, 2.45) is 10.8 Å². The molecule has 1 aliphatic rings.